The summed E-state index contributed by atoms with van der Waals surface area (Å²) < 4.78 is 0. The molecule has 0 aliphatic heterocycles. The van der Waals surface area contributed by atoms with Crippen LogP contribution in [0.5, 0.6) is 0 Å². The molecule has 0 fully saturated rings. The van der Waals surface area contributed by atoms with Gasteiger partial charge in [0.1, 0.15) is 0 Å². The first-order valence-electron chi connectivity index (χ1n) is 6.84. The van der Waals surface area contributed by atoms with Crippen molar-refractivity contribution < 1.29 is 9.90 Å². The number of hydrogen-bond donors (Lipinski definition) is 1. The number of aromatic nitrogens is 1. The SMILES string of the molecule is CC[C@@H]1CCc2nc3ccccc3c(C(=O)O)c2C1. The van der Waals surface area contributed by atoms with Gasteiger partial charge in [-0.05, 0) is 36.8 Å². The van der Waals surface area contributed by atoms with Gasteiger partial charge in [-0.3, -0.25) is 4.98 Å². The predicted octanol–water partition coefficient (Wildman–Crippen LogP) is 3.45. The summed E-state index contributed by atoms with van der Waals surface area (Å²) in [5.41, 5.74) is 3.22. The molecule has 1 aromatic heterocycles. The van der Waals surface area contributed by atoms with Crippen molar-refractivity contribution in [3.05, 3.63) is 41.1 Å². The molecule has 1 N–H and O–H groups in total. The maximum atomic E-state index is 11.7. The zero-order valence-electron chi connectivity index (χ0n) is 11.0. The van der Waals surface area contributed by atoms with E-state index in [-0.39, 0.29) is 0 Å². The van der Waals surface area contributed by atoms with E-state index in [0.29, 0.717) is 11.5 Å². The number of carbonyl (C=O) groups is 1. The largest absolute Gasteiger partial charge is 0.478 e. The van der Waals surface area contributed by atoms with Crippen LogP contribution in [0.3, 0.4) is 0 Å². The Morgan fingerprint density at radius 3 is 2.95 bits per heavy atom. The fourth-order valence-electron chi connectivity index (χ4n) is 3.05. The number of carboxylic acid groups (broad SMARTS) is 1. The Hall–Kier alpha value is -1.90. The number of rotatable bonds is 2. The second-order valence-electron chi connectivity index (χ2n) is 5.25. The molecule has 0 saturated heterocycles. The van der Waals surface area contributed by atoms with Gasteiger partial charge in [-0.2, -0.15) is 0 Å². The Morgan fingerprint density at radius 1 is 1.42 bits per heavy atom. The van der Waals surface area contributed by atoms with Gasteiger partial charge in [-0.1, -0.05) is 31.5 Å². The maximum Gasteiger partial charge on any atom is 0.336 e. The Balaban J connectivity index is 2.28. The molecule has 0 radical (unpaired) electrons. The van der Waals surface area contributed by atoms with Gasteiger partial charge in [0.2, 0.25) is 0 Å². The van der Waals surface area contributed by atoms with Crippen LogP contribution in [0.15, 0.2) is 24.3 Å². The van der Waals surface area contributed by atoms with Crippen LogP contribution in [-0.4, -0.2) is 16.1 Å². The highest BCUT2D eigenvalue weighted by atomic mass is 16.4. The number of nitrogens with zero attached hydrogens (tertiary/aromatic N) is 1. The molecule has 2 aromatic rings. The lowest BCUT2D eigenvalue weighted by Gasteiger charge is -2.25. The second-order valence-corrected chi connectivity index (χ2v) is 5.25. The highest BCUT2D eigenvalue weighted by molar-refractivity contribution is 6.04. The molecular weight excluding hydrogens is 238 g/mol. The Labute approximate surface area is 112 Å². The Bertz CT molecular complexity index is 648. The van der Waals surface area contributed by atoms with Crippen LogP contribution in [0.2, 0.25) is 0 Å². The van der Waals surface area contributed by atoms with E-state index in [4.69, 9.17) is 0 Å². The third kappa shape index (κ3) is 1.99. The molecule has 0 unspecified atom stereocenters. The first-order chi connectivity index (χ1) is 9.20. The van der Waals surface area contributed by atoms with E-state index in [9.17, 15) is 9.90 Å². The van der Waals surface area contributed by atoms with Crippen LogP contribution in [-0.2, 0) is 12.8 Å². The van der Waals surface area contributed by atoms with Crippen molar-refractivity contribution >= 4 is 16.9 Å². The standard InChI is InChI=1S/C16H17NO2/c1-2-10-7-8-14-12(9-10)15(16(18)19)11-5-3-4-6-13(11)17-14/h3-6,10H,2,7-9H2,1H3,(H,18,19)/t10-/m1/s1. The predicted molar refractivity (Wildman–Crippen MR) is 74.5 cm³/mol. The molecule has 1 aromatic carbocycles. The summed E-state index contributed by atoms with van der Waals surface area (Å²) in [6.07, 6.45) is 3.98. The minimum Gasteiger partial charge on any atom is -0.478 e. The molecule has 1 aliphatic rings. The third-order valence-electron chi connectivity index (χ3n) is 4.15. The number of hydrogen-bond acceptors (Lipinski definition) is 2. The number of aromatic carboxylic acids is 1. The molecule has 0 saturated carbocycles. The smallest absolute Gasteiger partial charge is 0.336 e. The van der Waals surface area contributed by atoms with Gasteiger partial charge >= 0.3 is 5.97 Å². The summed E-state index contributed by atoms with van der Waals surface area (Å²) in [7, 11) is 0. The number of para-hydroxylation sites is 1. The van der Waals surface area contributed by atoms with Gasteiger partial charge in [-0.25, -0.2) is 4.79 Å². The molecule has 1 heterocycles. The van der Waals surface area contributed by atoms with Crippen molar-refractivity contribution in [3.63, 3.8) is 0 Å². The van der Waals surface area contributed by atoms with Crippen LogP contribution >= 0.6 is 0 Å². The topological polar surface area (TPSA) is 50.2 Å². The van der Waals surface area contributed by atoms with Gasteiger partial charge in [0, 0.05) is 11.1 Å². The maximum absolute atomic E-state index is 11.7. The van der Waals surface area contributed by atoms with Crippen molar-refractivity contribution in [1.82, 2.24) is 4.98 Å². The minimum atomic E-state index is -0.827. The average Bonchev–Trinajstić information content (AvgIpc) is 2.43. The fraction of sp³-hybridized carbons (Fsp3) is 0.375. The van der Waals surface area contributed by atoms with Crippen LogP contribution in [0.4, 0.5) is 0 Å². The van der Waals surface area contributed by atoms with Crippen LogP contribution < -0.4 is 0 Å². The molecule has 3 rings (SSSR count). The number of fused-ring (bicyclic) bond motifs is 2. The first-order valence-corrected chi connectivity index (χ1v) is 6.84. The molecule has 19 heavy (non-hydrogen) atoms. The van der Waals surface area contributed by atoms with E-state index >= 15 is 0 Å². The number of pyridine rings is 1. The molecule has 1 atom stereocenters. The lowest BCUT2D eigenvalue weighted by atomic mass is 9.82. The average molecular weight is 255 g/mol. The number of aryl methyl sites for hydroxylation is 1. The van der Waals surface area contributed by atoms with Gasteiger partial charge in [-0.15, -0.1) is 0 Å². The fourth-order valence-corrected chi connectivity index (χ4v) is 3.05. The van der Waals surface area contributed by atoms with E-state index in [1.165, 1.54) is 0 Å². The van der Waals surface area contributed by atoms with Crippen LogP contribution in [0, 0.1) is 5.92 Å². The molecule has 0 bridgehead atoms. The quantitative estimate of drug-likeness (QED) is 0.894. The normalized spacial score (nSPS) is 18.3. The van der Waals surface area contributed by atoms with Crippen molar-refractivity contribution in [2.24, 2.45) is 5.92 Å². The molecule has 3 nitrogen and oxygen atoms in total. The minimum absolute atomic E-state index is 0.471. The summed E-state index contributed by atoms with van der Waals surface area (Å²) in [6, 6.07) is 7.55. The summed E-state index contributed by atoms with van der Waals surface area (Å²) in [6.45, 7) is 2.17. The monoisotopic (exact) mass is 255 g/mol. The Kier molecular flexibility index (Phi) is 2.97. The van der Waals surface area contributed by atoms with Gasteiger partial charge < -0.3 is 5.11 Å². The van der Waals surface area contributed by atoms with E-state index in [2.05, 4.69) is 11.9 Å². The molecular formula is C16H17NO2. The van der Waals surface area contributed by atoms with Crippen molar-refractivity contribution in [2.75, 3.05) is 0 Å². The highest BCUT2D eigenvalue weighted by Gasteiger charge is 2.25. The van der Waals surface area contributed by atoms with Gasteiger partial charge in [0.15, 0.2) is 0 Å². The van der Waals surface area contributed by atoms with Crippen LogP contribution in [0.25, 0.3) is 10.9 Å². The Morgan fingerprint density at radius 2 is 2.21 bits per heavy atom. The molecule has 0 amide bonds. The van der Waals surface area contributed by atoms with Gasteiger partial charge in [0.05, 0.1) is 11.1 Å². The van der Waals surface area contributed by atoms with Crippen LogP contribution in [0.1, 0.15) is 41.4 Å². The molecule has 1 aliphatic carbocycles. The number of carboxylic acids is 1. The van der Waals surface area contributed by atoms with Crippen molar-refractivity contribution in [3.8, 4) is 0 Å². The number of benzene rings is 1. The lowest BCUT2D eigenvalue weighted by Crippen LogP contribution is -2.19. The van der Waals surface area contributed by atoms with Crippen molar-refractivity contribution in [2.45, 2.75) is 32.6 Å². The highest BCUT2D eigenvalue weighted by Crippen LogP contribution is 2.32. The zero-order valence-corrected chi connectivity index (χ0v) is 11.0. The van der Waals surface area contributed by atoms with Gasteiger partial charge in [0.25, 0.3) is 0 Å². The summed E-state index contributed by atoms with van der Waals surface area (Å²) in [5, 5.41) is 10.3. The van der Waals surface area contributed by atoms with E-state index < -0.39 is 5.97 Å². The molecule has 98 valence electrons. The first kappa shape index (κ1) is 12.2. The van der Waals surface area contributed by atoms with Crippen molar-refractivity contribution in [1.29, 1.82) is 0 Å². The van der Waals surface area contributed by atoms with E-state index in [0.717, 1.165) is 47.8 Å². The summed E-state index contributed by atoms with van der Waals surface area (Å²) in [5.74, 6) is -0.236. The second kappa shape index (κ2) is 4.65. The third-order valence-corrected chi connectivity index (χ3v) is 4.15. The van der Waals surface area contributed by atoms with E-state index in [1.54, 1.807) is 0 Å². The van der Waals surface area contributed by atoms with E-state index in [1.807, 2.05) is 24.3 Å². The zero-order chi connectivity index (χ0) is 13.4. The summed E-state index contributed by atoms with van der Waals surface area (Å²) >= 11 is 0. The molecule has 3 heteroatoms. The lowest BCUT2D eigenvalue weighted by molar-refractivity contribution is 0.0697. The molecule has 0 spiro atoms. The summed E-state index contributed by atoms with van der Waals surface area (Å²) in [4.78, 5) is 16.3.